The molecule has 0 saturated carbocycles. The van der Waals surface area contributed by atoms with Crippen molar-refractivity contribution >= 4 is 15.9 Å². The minimum atomic E-state index is -4.30. The van der Waals surface area contributed by atoms with Gasteiger partial charge in [0.15, 0.2) is 0 Å². The first-order chi connectivity index (χ1) is 12.3. The molecule has 2 aromatic carbocycles. The van der Waals surface area contributed by atoms with Crippen LogP contribution in [0.2, 0.25) is 0 Å². The number of phenolic OH excluding ortho intramolecular Hbond substituents is 1. The topological polar surface area (TPSA) is 29.1 Å². The lowest BCUT2D eigenvalue weighted by Gasteiger charge is -2.30. The Morgan fingerprint density at radius 2 is 1.46 bits per heavy atom. The molecule has 0 bridgehead atoms. The van der Waals surface area contributed by atoms with E-state index in [-0.39, 0.29) is 5.75 Å². The van der Waals surface area contributed by atoms with Crippen molar-refractivity contribution in [2.75, 3.05) is 26.2 Å². The Kier molecular flexibility index (Phi) is 5.89. The lowest BCUT2D eigenvalue weighted by Crippen LogP contribution is -3.27. The fourth-order valence-corrected chi connectivity index (χ4v) is 3.90. The van der Waals surface area contributed by atoms with Gasteiger partial charge in [0.05, 0.1) is 5.56 Å². The van der Waals surface area contributed by atoms with E-state index in [0.717, 1.165) is 48.8 Å². The molecule has 0 radical (unpaired) electrons. The highest BCUT2D eigenvalue weighted by Crippen LogP contribution is 2.31. The normalized spacial score (nSPS) is 20.9. The molecule has 1 heterocycles. The largest absolute Gasteiger partial charge is 0.507 e. The highest BCUT2D eigenvalue weighted by Gasteiger charge is 2.34. The summed E-state index contributed by atoms with van der Waals surface area (Å²) in [7, 11) is 0. The molecule has 1 saturated heterocycles. The van der Waals surface area contributed by atoms with E-state index in [4.69, 9.17) is 0 Å². The molecule has 3 nitrogen and oxygen atoms in total. The lowest BCUT2D eigenvalue weighted by atomic mass is 10.1. The van der Waals surface area contributed by atoms with Gasteiger partial charge in [-0.15, -0.1) is 0 Å². The molecule has 0 aromatic heterocycles. The summed E-state index contributed by atoms with van der Waals surface area (Å²) in [5.41, 5.74) is 0.727. The van der Waals surface area contributed by atoms with Crippen LogP contribution in [0.5, 0.6) is 5.75 Å². The second-order valence-electron chi connectivity index (χ2n) is 6.78. The van der Waals surface area contributed by atoms with E-state index in [2.05, 4.69) is 15.9 Å². The van der Waals surface area contributed by atoms with Gasteiger partial charge >= 0.3 is 6.18 Å². The van der Waals surface area contributed by atoms with E-state index in [1.165, 1.54) is 15.9 Å². The number of rotatable bonds is 4. The molecule has 1 fully saturated rings. The van der Waals surface area contributed by atoms with Crippen molar-refractivity contribution in [3.05, 3.63) is 63.6 Å². The van der Waals surface area contributed by atoms with Gasteiger partial charge in [0.1, 0.15) is 45.0 Å². The first-order valence-corrected chi connectivity index (χ1v) is 9.42. The number of halogens is 4. The third-order valence-corrected chi connectivity index (χ3v) is 5.40. The maximum absolute atomic E-state index is 13.1. The summed E-state index contributed by atoms with van der Waals surface area (Å²) in [6, 6.07) is 11.2. The molecule has 2 aromatic rings. The van der Waals surface area contributed by atoms with Gasteiger partial charge in [-0.2, -0.15) is 13.2 Å². The molecule has 0 amide bonds. The number of hydrogen-bond donors (Lipinski definition) is 3. The van der Waals surface area contributed by atoms with Crippen LogP contribution in [0.25, 0.3) is 0 Å². The Morgan fingerprint density at radius 1 is 0.885 bits per heavy atom. The highest BCUT2D eigenvalue weighted by molar-refractivity contribution is 9.10. The van der Waals surface area contributed by atoms with Crippen LogP contribution >= 0.6 is 15.9 Å². The standard InChI is InChI=1S/C19H20BrF3N2O/c20-16-5-6-18(26)15(11-16)13-25-9-7-24(8-10-25)12-14-3-1-2-4-17(14)19(21,22)23/h1-6,11,26H,7-10,12-13H2/p+2. The summed E-state index contributed by atoms with van der Waals surface area (Å²) in [5.74, 6) is 0.287. The van der Waals surface area contributed by atoms with Crippen LogP contribution in [0, 0.1) is 0 Å². The third-order valence-electron chi connectivity index (χ3n) is 4.91. The molecule has 1 aliphatic heterocycles. The Labute approximate surface area is 159 Å². The van der Waals surface area contributed by atoms with Crippen LogP contribution in [0.1, 0.15) is 16.7 Å². The molecule has 0 atom stereocenters. The number of benzene rings is 2. The third kappa shape index (κ3) is 4.78. The maximum Gasteiger partial charge on any atom is 0.416 e. The van der Waals surface area contributed by atoms with Crippen LogP contribution < -0.4 is 9.80 Å². The van der Waals surface area contributed by atoms with Crippen molar-refractivity contribution in [3.63, 3.8) is 0 Å². The first kappa shape index (κ1) is 19.2. The van der Waals surface area contributed by atoms with Crippen molar-refractivity contribution in [1.29, 1.82) is 0 Å². The van der Waals surface area contributed by atoms with Crippen LogP contribution in [-0.2, 0) is 19.3 Å². The summed E-state index contributed by atoms with van der Waals surface area (Å²) < 4.78 is 40.3. The monoisotopic (exact) mass is 430 g/mol. The van der Waals surface area contributed by atoms with Gasteiger partial charge in [0.2, 0.25) is 0 Å². The molecule has 3 N–H and O–H groups in total. The first-order valence-electron chi connectivity index (χ1n) is 8.62. The van der Waals surface area contributed by atoms with Gasteiger partial charge < -0.3 is 14.9 Å². The molecular weight excluding hydrogens is 409 g/mol. The summed E-state index contributed by atoms with van der Waals surface area (Å²) >= 11 is 3.41. The van der Waals surface area contributed by atoms with E-state index in [9.17, 15) is 18.3 Å². The number of quaternary nitrogens is 2. The van der Waals surface area contributed by atoms with E-state index in [1.54, 1.807) is 24.3 Å². The van der Waals surface area contributed by atoms with Crippen molar-refractivity contribution < 1.29 is 28.1 Å². The smallest absolute Gasteiger partial charge is 0.416 e. The van der Waals surface area contributed by atoms with Gasteiger partial charge in [-0.1, -0.05) is 34.1 Å². The Morgan fingerprint density at radius 3 is 2.08 bits per heavy atom. The summed E-state index contributed by atoms with van der Waals surface area (Å²) in [6.45, 7) is 4.49. The highest BCUT2D eigenvalue weighted by atomic mass is 79.9. The van der Waals surface area contributed by atoms with Gasteiger partial charge in [-0.3, -0.25) is 0 Å². The zero-order valence-electron chi connectivity index (χ0n) is 14.2. The van der Waals surface area contributed by atoms with Gasteiger partial charge in [0.25, 0.3) is 0 Å². The second kappa shape index (κ2) is 7.98. The minimum absolute atomic E-state index is 0.287. The zero-order valence-corrected chi connectivity index (χ0v) is 15.8. The predicted octanol–water partition coefficient (Wildman–Crippen LogP) is 1.66. The summed E-state index contributed by atoms with van der Waals surface area (Å²) in [5, 5.41) is 9.97. The SMILES string of the molecule is Oc1ccc(Br)cc1C[NH+]1CC[NH+](Cc2ccccc2C(F)(F)F)CC1. The molecule has 26 heavy (non-hydrogen) atoms. The average Bonchev–Trinajstić information content (AvgIpc) is 2.59. The van der Waals surface area contributed by atoms with E-state index in [1.807, 2.05) is 6.07 Å². The van der Waals surface area contributed by atoms with Crippen LogP contribution in [0.15, 0.2) is 46.9 Å². The van der Waals surface area contributed by atoms with Gasteiger partial charge in [-0.25, -0.2) is 0 Å². The van der Waals surface area contributed by atoms with Crippen LogP contribution in [-0.4, -0.2) is 31.3 Å². The molecular formula is C19H22BrF3N2O+2. The molecule has 7 heteroatoms. The van der Waals surface area contributed by atoms with E-state index < -0.39 is 11.7 Å². The summed E-state index contributed by atoms with van der Waals surface area (Å²) in [6.07, 6.45) is -4.30. The van der Waals surface area contributed by atoms with Crippen molar-refractivity contribution in [2.45, 2.75) is 19.3 Å². The van der Waals surface area contributed by atoms with Crippen LogP contribution in [0.4, 0.5) is 13.2 Å². The Hall–Kier alpha value is -1.57. The van der Waals surface area contributed by atoms with Crippen molar-refractivity contribution in [2.24, 2.45) is 0 Å². The quantitative estimate of drug-likeness (QED) is 0.676. The number of hydrogen-bond acceptors (Lipinski definition) is 1. The molecule has 0 spiro atoms. The zero-order chi connectivity index (χ0) is 18.7. The number of nitrogens with one attached hydrogen (secondary N) is 2. The molecule has 140 valence electrons. The van der Waals surface area contributed by atoms with Crippen LogP contribution in [0.3, 0.4) is 0 Å². The van der Waals surface area contributed by atoms with E-state index >= 15 is 0 Å². The number of phenols is 1. The molecule has 0 aliphatic carbocycles. The lowest BCUT2D eigenvalue weighted by molar-refractivity contribution is -1.02. The fourth-order valence-electron chi connectivity index (χ4n) is 3.50. The second-order valence-corrected chi connectivity index (χ2v) is 7.70. The van der Waals surface area contributed by atoms with Crippen molar-refractivity contribution in [1.82, 2.24) is 0 Å². The Balaban J connectivity index is 1.59. The fraction of sp³-hybridized carbons (Fsp3) is 0.368. The van der Waals surface area contributed by atoms with E-state index in [0.29, 0.717) is 12.1 Å². The Bertz CT molecular complexity index is 759. The van der Waals surface area contributed by atoms with Gasteiger partial charge in [-0.05, 0) is 24.3 Å². The number of alkyl halides is 3. The maximum atomic E-state index is 13.1. The number of aromatic hydroxyl groups is 1. The molecule has 1 aliphatic rings. The molecule has 3 rings (SSSR count). The summed E-state index contributed by atoms with van der Waals surface area (Å²) in [4.78, 5) is 2.51. The average molecular weight is 431 g/mol. The minimum Gasteiger partial charge on any atom is -0.507 e. The van der Waals surface area contributed by atoms with Gasteiger partial charge in [0, 0.05) is 15.6 Å². The molecule has 0 unspecified atom stereocenters. The predicted molar refractivity (Wildman–Crippen MR) is 96.1 cm³/mol. The van der Waals surface area contributed by atoms with Crippen molar-refractivity contribution in [3.8, 4) is 5.75 Å². The number of piperazine rings is 1.